The summed E-state index contributed by atoms with van der Waals surface area (Å²) in [6, 6.07) is 5.57. The molecule has 0 aliphatic heterocycles. The molecule has 0 bridgehead atoms. The number of non-ortho nitro benzene ring substituents is 1. The average Bonchev–Trinajstić information content (AvgIpc) is 2.25. The first kappa shape index (κ1) is 12.1. The fourth-order valence-corrected chi connectivity index (χ4v) is 1.43. The van der Waals surface area contributed by atoms with Crippen LogP contribution in [-0.2, 0) is 4.79 Å². The van der Waals surface area contributed by atoms with E-state index in [1.54, 1.807) is 0 Å². The molecule has 0 radical (unpaired) electrons. The molecule has 16 heavy (non-hydrogen) atoms. The summed E-state index contributed by atoms with van der Waals surface area (Å²) >= 11 is 0. The third-order valence-electron chi connectivity index (χ3n) is 2.27. The van der Waals surface area contributed by atoms with E-state index in [-0.39, 0.29) is 18.7 Å². The monoisotopic (exact) mass is 224 g/mol. The van der Waals surface area contributed by atoms with E-state index in [1.807, 2.05) is 0 Å². The molecule has 0 spiro atoms. The van der Waals surface area contributed by atoms with E-state index in [1.165, 1.54) is 24.3 Å². The lowest BCUT2D eigenvalue weighted by Gasteiger charge is -2.11. The van der Waals surface area contributed by atoms with Gasteiger partial charge in [0, 0.05) is 18.7 Å². The summed E-state index contributed by atoms with van der Waals surface area (Å²) in [5.74, 6) is -1.16. The summed E-state index contributed by atoms with van der Waals surface area (Å²) in [4.78, 5) is 21.0. The fraction of sp³-hybridized carbons (Fsp3) is 0.300. The maximum atomic E-state index is 11.1. The molecule has 1 amide bonds. The minimum Gasteiger partial charge on any atom is -0.396 e. The number of aliphatic hydroxyl groups is 1. The number of benzene rings is 1. The molecular weight excluding hydrogens is 212 g/mol. The van der Waals surface area contributed by atoms with E-state index in [9.17, 15) is 14.9 Å². The molecule has 3 N–H and O–H groups in total. The van der Waals surface area contributed by atoms with Crippen LogP contribution < -0.4 is 5.73 Å². The average molecular weight is 224 g/mol. The first-order chi connectivity index (χ1) is 7.56. The second-order valence-corrected chi connectivity index (χ2v) is 3.32. The van der Waals surface area contributed by atoms with Gasteiger partial charge in [-0.3, -0.25) is 14.9 Å². The van der Waals surface area contributed by atoms with Crippen molar-refractivity contribution in [3.63, 3.8) is 0 Å². The van der Waals surface area contributed by atoms with Crippen LogP contribution in [0.15, 0.2) is 24.3 Å². The summed E-state index contributed by atoms with van der Waals surface area (Å²) in [7, 11) is 0. The molecule has 0 saturated carbocycles. The lowest BCUT2D eigenvalue weighted by atomic mass is 9.95. The van der Waals surface area contributed by atoms with Crippen LogP contribution in [0.1, 0.15) is 17.9 Å². The van der Waals surface area contributed by atoms with Gasteiger partial charge in [0.15, 0.2) is 0 Å². The van der Waals surface area contributed by atoms with Crippen molar-refractivity contribution in [1.29, 1.82) is 0 Å². The van der Waals surface area contributed by atoms with E-state index in [0.29, 0.717) is 5.56 Å². The largest absolute Gasteiger partial charge is 0.396 e. The highest BCUT2D eigenvalue weighted by Gasteiger charge is 2.17. The van der Waals surface area contributed by atoms with Gasteiger partial charge >= 0.3 is 0 Å². The highest BCUT2D eigenvalue weighted by Crippen LogP contribution is 2.21. The molecule has 86 valence electrons. The summed E-state index contributed by atoms with van der Waals surface area (Å²) in [6.45, 7) is -0.162. The maximum absolute atomic E-state index is 11.1. The lowest BCUT2D eigenvalue weighted by Crippen LogP contribution is -2.22. The summed E-state index contributed by atoms with van der Waals surface area (Å²) < 4.78 is 0. The van der Waals surface area contributed by atoms with Crippen LogP contribution in [0.2, 0.25) is 0 Å². The normalized spacial score (nSPS) is 12.1. The Bertz CT molecular complexity index is 388. The Balaban J connectivity index is 2.94. The second kappa shape index (κ2) is 5.22. The molecule has 0 aliphatic carbocycles. The van der Waals surface area contributed by atoms with Gasteiger partial charge in [-0.1, -0.05) is 12.1 Å². The van der Waals surface area contributed by atoms with Crippen LogP contribution in [0.4, 0.5) is 5.69 Å². The van der Waals surface area contributed by atoms with Crippen molar-refractivity contribution in [3.8, 4) is 0 Å². The molecule has 1 aromatic rings. The van der Waals surface area contributed by atoms with Gasteiger partial charge in [-0.2, -0.15) is 0 Å². The zero-order valence-corrected chi connectivity index (χ0v) is 8.50. The standard InChI is InChI=1S/C10H12N2O4/c11-10(14)9(5-6-13)7-1-3-8(4-2-7)12(15)16/h1-4,9,13H,5-6H2,(H2,11,14). The van der Waals surface area contributed by atoms with Crippen molar-refractivity contribution in [1.82, 2.24) is 0 Å². The predicted molar refractivity (Wildman–Crippen MR) is 56.7 cm³/mol. The quantitative estimate of drug-likeness (QED) is 0.562. The number of carbonyl (C=O) groups is 1. The molecule has 1 unspecified atom stereocenters. The van der Waals surface area contributed by atoms with Gasteiger partial charge in [0.1, 0.15) is 0 Å². The molecule has 1 aromatic carbocycles. The highest BCUT2D eigenvalue weighted by molar-refractivity contribution is 5.81. The fourth-order valence-electron chi connectivity index (χ4n) is 1.43. The van der Waals surface area contributed by atoms with Gasteiger partial charge in [0.05, 0.1) is 10.8 Å². The molecule has 1 atom stereocenters. The number of primary amides is 1. The van der Waals surface area contributed by atoms with Crippen molar-refractivity contribution in [2.24, 2.45) is 5.73 Å². The number of nitrogens with two attached hydrogens (primary N) is 1. The Labute approximate surface area is 91.8 Å². The van der Waals surface area contributed by atoms with Crippen molar-refractivity contribution in [2.45, 2.75) is 12.3 Å². The third kappa shape index (κ3) is 2.77. The van der Waals surface area contributed by atoms with E-state index in [2.05, 4.69) is 0 Å². The van der Waals surface area contributed by atoms with Crippen molar-refractivity contribution < 1.29 is 14.8 Å². The maximum Gasteiger partial charge on any atom is 0.269 e. The van der Waals surface area contributed by atoms with Crippen LogP contribution in [0.5, 0.6) is 0 Å². The molecule has 6 nitrogen and oxygen atoms in total. The zero-order chi connectivity index (χ0) is 12.1. The van der Waals surface area contributed by atoms with Gasteiger partial charge in [-0.15, -0.1) is 0 Å². The number of carbonyl (C=O) groups excluding carboxylic acids is 1. The van der Waals surface area contributed by atoms with E-state index in [0.717, 1.165) is 0 Å². The van der Waals surface area contributed by atoms with Gasteiger partial charge in [-0.25, -0.2) is 0 Å². The third-order valence-corrected chi connectivity index (χ3v) is 2.27. The predicted octanol–water partition coefficient (Wildman–Crippen LogP) is 0.546. The number of rotatable bonds is 5. The second-order valence-electron chi connectivity index (χ2n) is 3.32. The number of amides is 1. The van der Waals surface area contributed by atoms with Crippen molar-refractivity contribution in [3.05, 3.63) is 39.9 Å². The van der Waals surface area contributed by atoms with Gasteiger partial charge in [0.2, 0.25) is 5.91 Å². The van der Waals surface area contributed by atoms with Crippen LogP contribution in [0.3, 0.4) is 0 Å². The first-order valence-electron chi connectivity index (χ1n) is 4.70. The van der Waals surface area contributed by atoms with Gasteiger partial charge in [0.25, 0.3) is 5.69 Å². The molecule has 0 aliphatic rings. The molecule has 0 saturated heterocycles. The lowest BCUT2D eigenvalue weighted by molar-refractivity contribution is -0.384. The summed E-state index contributed by atoms with van der Waals surface area (Å²) in [5.41, 5.74) is 5.70. The van der Waals surface area contributed by atoms with Crippen molar-refractivity contribution >= 4 is 11.6 Å². The van der Waals surface area contributed by atoms with E-state index in [4.69, 9.17) is 10.8 Å². The van der Waals surface area contributed by atoms with Crippen molar-refractivity contribution in [2.75, 3.05) is 6.61 Å². The zero-order valence-electron chi connectivity index (χ0n) is 8.50. The van der Waals surface area contributed by atoms with Crippen LogP contribution >= 0.6 is 0 Å². The van der Waals surface area contributed by atoms with E-state index < -0.39 is 16.7 Å². The van der Waals surface area contributed by atoms with E-state index >= 15 is 0 Å². The summed E-state index contributed by atoms with van der Waals surface area (Å²) in [5, 5.41) is 19.2. The molecular formula is C10H12N2O4. The first-order valence-corrected chi connectivity index (χ1v) is 4.70. The molecule has 6 heteroatoms. The number of hydrogen-bond acceptors (Lipinski definition) is 4. The molecule has 0 aromatic heterocycles. The summed E-state index contributed by atoms with van der Waals surface area (Å²) in [6.07, 6.45) is 0.215. The van der Waals surface area contributed by atoms with Gasteiger partial charge < -0.3 is 10.8 Å². The molecule has 0 fully saturated rings. The number of aliphatic hydroxyl groups excluding tert-OH is 1. The number of nitro benzene ring substituents is 1. The minimum atomic E-state index is -0.606. The topological polar surface area (TPSA) is 106 Å². The minimum absolute atomic E-state index is 0.0454. The Kier molecular flexibility index (Phi) is 3.96. The van der Waals surface area contributed by atoms with Gasteiger partial charge in [-0.05, 0) is 12.0 Å². The number of nitro groups is 1. The number of nitrogens with zero attached hydrogens (tertiary/aromatic N) is 1. The van der Waals surface area contributed by atoms with Crippen LogP contribution in [0, 0.1) is 10.1 Å². The molecule has 1 rings (SSSR count). The SMILES string of the molecule is NC(=O)C(CCO)c1ccc([N+](=O)[O-])cc1. The Morgan fingerprint density at radius 1 is 1.44 bits per heavy atom. The van der Waals surface area contributed by atoms with Crippen LogP contribution in [0.25, 0.3) is 0 Å². The number of hydrogen-bond donors (Lipinski definition) is 2. The molecule has 0 heterocycles. The Hall–Kier alpha value is -1.95. The Morgan fingerprint density at radius 3 is 2.38 bits per heavy atom. The smallest absolute Gasteiger partial charge is 0.269 e. The Morgan fingerprint density at radius 2 is 2.00 bits per heavy atom. The highest BCUT2D eigenvalue weighted by atomic mass is 16.6. The van der Waals surface area contributed by atoms with Crippen LogP contribution in [-0.4, -0.2) is 22.5 Å².